The summed E-state index contributed by atoms with van der Waals surface area (Å²) in [5.41, 5.74) is 3.61. The lowest BCUT2D eigenvalue weighted by Crippen LogP contribution is -2.32. The van der Waals surface area contributed by atoms with E-state index in [4.69, 9.17) is 11.6 Å². The molecule has 0 saturated heterocycles. The maximum absolute atomic E-state index is 13.0. The first-order chi connectivity index (χ1) is 9.65. The molecule has 3 heteroatoms. The molecule has 1 heterocycles. The van der Waals surface area contributed by atoms with Crippen molar-refractivity contribution in [2.24, 2.45) is 0 Å². The van der Waals surface area contributed by atoms with Gasteiger partial charge in [-0.2, -0.15) is 0 Å². The zero-order valence-corrected chi connectivity index (χ0v) is 12.1. The van der Waals surface area contributed by atoms with E-state index in [0.29, 0.717) is 6.04 Å². The molecule has 3 rings (SSSR count). The van der Waals surface area contributed by atoms with Crippen LogP contribution in [0.25, 0.3) is 0 Å². The van der Waals surface area contributed by atoms with Crippen molar-refractivity contribution in [2.45, 2.75) is 24.8 Å². The minimum atomic E-state index is -0.225. The van der Waals surface area contributed by atoms with Gasteiger partial charge in [-0.1, -0.05) is 30.3 Å². The number of rotatable bonds is 3. The molecule has 2 aromatic carbocycles. The average Bonchev–Trinajstić information content (AvgIpc) is 2.76. The number of hydrogen-bond donors (Lipinski definition) is 0. The van der Waals surface area contributed by atoms with Gasteiger partial charge in [0.25, 0.3) is 0 Å². The van der Waals surface area contributed by atoms with Gasteiger partial charge in [0.1, 0.15) is 5.82 Å². The third kappa shape index (κ3) is 2.53. The summed E-state index contributed by atoms with van der Waals surface area (Å²) in [5, 5.41) is -0.135. The normalized spacial score (nSPS) is 18.9. The minimum absolute atomic E-state index is 0.135. The van der Waals surface area contributed by atoms with E-state index in [0.717, 1.165) is 18.5 Å². The van der Waals surface area contributed by atoms with Gasteiger partial charge < -0.3 is 4.90 Å². The Morgan fingerprint density at radius 2 is 1.90 bits per heavy atom. The number of fused-ring (bicyclic) bond motifs is 1. The van der Waals surface area contributed by atoms with E-state index in [1.165, 1.54) is 23.4 Å². The molecule has 2 unspecified atom stereocenters. The van der Waals surface area contributed by atoms with E-state index in [2.05, 4.69) is 36.1 Å². The van der Waals surface area contributed by atoms with Gasteiger partial charge in [0, 0.05) is 18.3 Å². The number of alkyl halides is 1. The van der Waals surface area contributed by atoms with Crippen molar-refractivity contribution < 1.29 is 4.39 Å². The first-order valence-corrected chi connectivity index (χ1v) is 7.33. The smallest absolute Gasteiger partial charge is 0.123 e. The second-order valence-corrected chi connectivity index (χ2v) is 5.88. The third-order valence-electron chi connectivity index (χ3n) is 3.94. The van der Waals surface area contributed by atoms with Crippen LogP contribution in [0.2, 0.25) is 0 Å². The topological polar surface area (TPSA) is 3.24 Å². The largest absolute Gasteiger partial charge is 0.366 e. The molecule has 0 saturated carbocycles. The molecule has 0 aromatic heterocycles. The summed E-state index contributed by atoms with van der Waals surface area (Å²) in [6.45, 7) is 2.96. The average molecular weight is 290 g/mol. The molecule has 0 amide bonds. The van der Waals surface area contributed by atoms with Crippen molar-refractivity contribution in [3.63, 3.8) is 0 Å². The Morgan fingerprint density at radius 3 is 2.65 bits per heavy atom. The summed E-state index contributed by atoms with van der Waals surface area (Å²) in [6.07, 6.45) is 1.06. The second-order valence-electron chi connectivity index (χ2n) is 5.35. The predicted molar refractivity (Wildman–Crippen MR) is 81.9 cm³/mol. The Morgan fingerprint density at radius 1 is 1.20 bits per heavy atom. The Bertz CT molecular complexity index is 596. The lowest BCUT2D eigenvalue weighted by atomic mass is 10.1. The number of anilines is 1. The van der Waals surface area contributed by atoms with E-state index in [-0.39, 0.29) is 11.2 Å². The molecule has 1 nitrogen and oxygen atoms in total. The first kappa shape index (κ1) is 13.4. The van der Waals surface area contributed by atoms with Gasteiger partial charge in [0.05, 0.1) is 5.38 Å². The minimum Gasteiger partial charge on any atom is -0.366 e. The zero-order chi connectivity index (χ0) is 14.1. The highest BCUT2D eigenvalue weighted by Gasteiger charge is 2.27. The summed E-state index contributed by atoms with van der Waals surface area (Å²) >= 11 is 6.51. The monoisotopic (exact) mass is 289 g/mol. The van der Waals surface area contributed by atoms with Crippen LogP contribution in [0.15, 0.2) is 48.5 Å². The summed E-state index contributed by atoms with van der Waals surface area (Å²) in [4.78, 5) is 2.34. The molecule has 0 spiro atoms. The summed E-state index contributed by atoms with van der Waals surface area (Å²) in [6, 6.07) is 15.4. The van der Waals surface area contributed by atoms with E-state index in [9.17, 15) is 4.39 Å². The van der Waals surface area contributed by atoms with Crippen molar-refractivity contribution in [3.8, 4) is 0 Å². The number of para-hydroxylation sites is 1. The lowest BCUT2D eigenvalue weighted by Gasteiger charge is -2.27. The summed E-state index contributed by atoms with van der Waals surface area (Å²) < 4.78 is 13.0. The van der Waals surface area contributed by atoms with Gasteiger partial charge >= 0.3 is 0 Å². The number of halogens is 2. The van der Waals surface area contributed by atoms with E-state index >= 15 is 0 Å². The third-order valence-corrected chi connectivity index (χ3v) is 4.33. The molecule has 0 N–H and O–H groups in total. The van der Waals surface area contributed by atoms with Crippen LogP contribution < -0.4 is 4.90 Å². The molecule has 2 atom stereocenters. The van der Waals surface area contributed by atoms with Crippen LogP contribution in [-0.2, 0) is 6.42 Å². The lowest BCUT2D eigenvalue weighted by molar-refractivity contribution is 0.625. The maximum Gasteiger partial charge on any atom is 0.123 e. The molecule has 104 valence electrons. The van der Waals surface area contributed by atoms with Crippen LogP contribution in [0.5, 0.6) is 0 Å². The van der Waals surface area contributed by atoms with Crippen molar-refractivity contribution in [3.05, 3.63) is 65.5 Å². The maximum atomic E-state index is 13.0. The molecule has 0 fully saturated rings. The standard InChI is InChI=1S/C17H17ClFN/c1-12-10-14-4-2-3-5-17(14)20(12)11-16(18)13-6-8-15(19)9-7-13/h2-9,12,16H,10-11H2,1H3. The molecule has 0 bridgehead atoms. The second kappa shape index (κ2) is 5.45. The van der Waals surface area contributed by atoms with Crippen molar-refractivity contribution in [2.75, 3.05) is 11.4 Å². The van der Waals surface area contributed by atoms with Gasteiger partial charge in [-0.25, -0.2) is 4.39 Å². The van der Waals surface area contributed by atoms with Crippen LogP contribution >= 0.6 is 11.6 Å². The Hall–Kier alpha value is -1.54. The van der Waals surface area contributed by atoms with Crippen molar-refractivity contribution in [1.82, 2.24) is 0 Å². The van der Waals surface area contributed by atoms with Gasteiger partial charge in [-0.05, 0) is 42.7 Å². The van der Waals surface area contributed by atoms with Gasteiger partial charge in [0.15, 0.2) is 0 Å². The summed E-state index contributed by atoms with van der Waals surface area (Å²) in [7, 11) is 0. The first-order valence-electron chi connectivity index (χ1n) is 6.89. The molecular formula is C17H17ClFN. The summed E-state index contributed by atoms with van der Waals surface area (Å²) in [5.74, 6) is -0.225. The highest BCUT2D eigenvalue weighted by atomic mass is 35.5. The molecule has 1 aliphatic heterocycles. The fraction of sp³-hybridized carbons (Fsp3) is 0.294. The van der Waals surface area contributed by atoms with Crippen LogP contribution in [0.4, 0.5) is 10.1 Å². The van der Waals surface area contributed by atoms with Gasteiger partial charge in [-0.3, -0.25) is 0 Å². The molecule has 2 aromatic rings. The molecule has 0 aliphatic carbocycles. The van der Waals surface area contributed by atoms with Crippen LogP contribution in [0, 0.1) is 5.82 Å². The van der Waals surface area contributed by atoms with Crippen LogP contribution in [0.1, 0.15) is 23.4 Å². The fourth-order valence-corrected chi connectivity index (χ4v) is 3.15. The molecule has 20 heavy (non-hydrogen) atoms. The predicted octanol–water partition coefficient (Wildman–Crippen LogP) is 4.56. The Balaban J connectivity index is 1.79. The Kier molecular flexibility index (Phi) is 3.66. The van der Waals surface area contributed by atoms with Crippen molar-refractivity contribution in [1.29, 1.82) is 0 Å². The molecule has 0 radical (unpaired) electrons. The number of hydrogen-bond acceptors (Lipinski definition) is 1. The Labute approximate surface area is 124 Å². The van der Waals surface area contributed by atoms with Crippen molar-refractivity contribution >= 4 is 17.3 Å². The van der Waals surface area contributed by atoms with Crippen LogP contribution in [-0.4, -0.2) is 12.6 Å². The quantitative estimate of drug-likeness (QED) is 0.749. The number of benzene rings is 2. The molecular weight excluding hydrogens is 273 g/mol. The van der Waals surface area contributed by atoms with Crippen LogP contribution in [0.3, 0.4) is 0 Å². The number of nitrogens with zero attached hydrogens (tertiary/aromatic N) is 1. The fourth-order valence-electron chi connectivity index (χ4n) is 2.86. The molecule has 1 aliphatic rings. The highest BCUT2D eigenvalue weighted by Crippen LogP contribution is 2.34. The zero-order valence-electron chi connectivity index (χ0n) is 11.4. The van der Waals surface area contributed by atoms with Gasteiger partial charge in [-0.15, -0.1) is 11.6 Å². The van der Waals surface area contributed by atoms with Gasteiger partial charge in [0.2, 0.25) is 0 Å². The SMILES string of the molecule is CC1Cc2ccccc2N1CC(Cl)c1ccc(F)cc1. The van der Waals surface area contributed by atoms with E-state index in [1.54, 1.807) is 12.1 Å². The van der Waals surface area contributed by atoms with E-state index < -0.39 is 0 Å². The highest BCUT2D eigenvalue weighted by molar-refractivity contribution is 6.21. The van der Waals surface area contributed by atoms with E-state index in [1.807, 2.05) is 0 Å².